The van der Waals surface area contributed by atoms with Crippen molar-refractivity contribution in [3.8, 4) is 0 Å². The van der Waals surface area contributed by atoms with Crippen molar-refractivity contribution in [1.29, 1.82) is 0 Å². The number of nitrogens with one attached hydrogen (secondary N) is 1. The second-order valence-corrected chi connectivity index (χ2v) is 6.84. The Kier molecular flexibility index (Phi) is 6.17. The zero-order valence-electron chi connectivity index (χ0n) is 15.4. The van der Waals surface area contributed by atoms with Crippen LogP contribution in [0.2, 0.25) is 0 Å². The first-order valence-electron chi connectivity index (χ1n) is 8.83. The smallest absolute Gasteiger partial charge is 0.332 e. The van der Waals surface area contributed by atoms with Crippen LogP contribution in [0, 0.1) is 12.8 Å². The molecule has 6 nitrogen and oxygen atoms in total. The van der Waals surface area contributed by atoms with E-state index in [1.807, 2.05) is 26.0 Å². The molecule has 0 unspecified atom stereocenters. The van der Waals surface area contributed by atoms with Crippen molar-refractivity contribution in [2.24, 2.45) is 5.92 Å². The highest BCUT2D eigenvalue weighted by Crippen LogP contribution is 2.27. The van der Waals surface area contributed by atoms with Crippen molar-refractivity contribution in [3.63, 3.8) is 0 Å². The summed E-state index contributed by atoms with van der Waals surface area (Å²) in [6, 6.07) is 6.18. The number of carbonyl (C=O) groups is 3. The normalized spacial score (nSPS) is 17.6. The molecular weight excluding hydrogens is 318 g/mol. The average molecular weight is 345 g/mol. The van der Waals surface area contributed by atoms with Gasteiger partial charge in [-0.25, -0.2) is 9.69 Å². The molecule has 0 aliphatic carbocycles. The molecule has 0 bridgehead atoms. The molecule has 0 saturated carbocycles. The fraction of sp³-hybridized carbons (Fsp3) is 0.526. The van der Waals surface area contributed by atoms with Crippen LogP contribution in [0.15, 0.2) is 24.3 Å². The van der Waals surface area contributed by atoms with Gasteiger partial charge in [0.25, 0.3) is 5.91 Å². The maximum Gasteiger partial charge on any atom is 0.332 e. The molecule has 1 N–H and O–H groups in total. The first-order valence-corrected chi connectivity index (χ1v) is 8.83. The van der Waals surface area contributed by atoms with E-state index < -0.39 is 6.04 Å². The molecule has 0 spiro atoms. The first kappa shape index (κ1) is 19.0. The van der Waals surface area contributed by atoms with E-state index in [2.05, 4.69) is 19.2 Å². The van der Waals surface area contributed by atoms with Crippen LogP contribution in [0.4, 0.5) is 10.5 Å². The van der Waals surface area contributed by atoms with Crippen molar-refractivity contribution in [1.82, 2.24) is 10.2 Å². The van der Waals surface area contributed by atoms with Crippen molar-refractivity contribution in [2.75, 3.05) is 18.0 Å². The number of hydrogen-bond acceptors (Lipinski definition) is 3. The van der Waals surface area contributed by atoms with Gasteiger partial charge in [-0.05, 0) is 38.3 Å². The Balaban J connectivity index is 2.27. The van der Waals surface area contributed by atoms with E-state index in [9.17, 15) is 14.4 Å². The molecule has 1 aromatic carbocycles. The zero-order chi connectivity index (χ0) is 18.6. The Labute approximate surface area is 149 Å². The molecule has 2 rings (SSSR count). The summed E-state index contributed by atoms with van der Waals surface area (Å²) >= 11 is 0. The van der Waals surface area contributed by atoms with Gasteiger partial charge < -0.3 is 10.2 Å². The molecule has 0 radical (unpaired) electrons. The maximum absolute atomic E-state index is 12.9. The molecule has 1 atom stereocenters. The Bertz CT molecular complexity index is 640. The zero-order valence-corrected chi connectivity index (χ0v) is 15.4. The van der Waals surface area contributed by atoms with E-state index in [-0.39, 0.29) is 24.3 Å². The number of aryl methyl sites for hydroxylation is 1. The first-order chi connectivity index (χ1) is 11.8. The summed E-state index contributed by atoms with van der Waals surface area (Å²) in [5.41, 5.74) is 1.60. The van der Waals surface area contributed by atoms with E-state index in [0.29, 0.717) is 24.7 Å². The fourth-order valence-electron chi connectivity index (χ4n) is 2.86. The highest BCUT2D eigenvalue weighted by molar-refractivity contribution is 6.22. The summed E-state index contributed by atoms with van der Waals surface area (Å²) in [6.45, 7) is 8.88. The molecule has 4 amide bonds. The number of hydrogen-bond donors (Lipinski definition) is 1. The number of anilines is 1. The van der Waals surface area contributed by atoms with E-state index in [1.165, 1.54) is 9.80 Å². The maximum atomic E-state index is 12.9. The molecule has 1 aliphatic heterocycles. The molecule has 0 aromatic heterocycles. The van der Waals surface area contributed by atoms with Crippen molar-refractivity contribution in [3.05, 3.63) is 29.8 Å². The van der Waals surface area contributed by atoms with Crippen molar-refractivity contribution in [2.45, 2.75) is 46.6 Å². The van der Waals surface area contributed by atoms with Gasteiger partial charge in [0, 0.05) is 13.1 Å². The van der Waals surface area contributed by atoms with Gasteiger partial charge in [0.1, 0.15) is 6.04 Å². The lowest BCUT2D eigenvalue weighted by molar-refractivity contribution is -0.127. The van der Waals surface area contributed by atoms with Gasteiger partial charge in [-0.2, -0.15) is 0 Å². The molecule has 1 heterocycles. The predicted molar refractivity (Wildman–Crippen MR) is 97.3 cm³/mol. The minimum absolute atomic E-state index is 0.00112. The van der Waals surface area contributed by atoms with E-state index in [1.54, 1.807) is 12.1 Å². The molecule has 1 aliphatic rings. The largest absolute Gasteiger partial charge is 0.356 e. The molecule has 1 fully saturated rings. The number of benzene rings is 1. The van der Waals surface area contributed by atoms with Gasteiger partial charge >= 0.3 is 6.03 Å². The average Bonchev–Trinajstić information content (AvgIpc) is 2.77. The summed E-state index contributed by atoms with van der Waals surface area (Å²) in [6.07, 6.45) is 0.783. The standard InChI is InChI=1S/C19H27N3O3/c1-5-20-17(23)12-16-18(24)22(15-8-6-14(4)7-9-15)19(25)21(16)11-10-13(2)3/h6-9,13,16H,5,10-12H2,1-4H3,(H,20,23)/t16-/m0/s1. The SMILES string of the molecule is CCNC(=O)C[C@H]1C(=O)N(c2ccc(C)cc2)C(=O)N1CCC(C)C. The molecule has 1 saturated heterocycles. The summed E-state index contributed by atoms with van der Waals surface area (Å²) in [5.74, 6) is -0.140. The second-order valence-electron chi connectivity index (χ2n) is 6.84. The number of rotatable bonds is 7. The topological polar surface area (TPSA) is 69.7 Å². The van der Waals surface area contributed by atoms with Crippen molar-refractivity contribution < 1.29 is 14.4 Å². The van der Waals surface area contributed by atoms with Gasteiger partial charge in [-0.1, -0.05) is 31.5 Å². The summed E-state index contributed by atoms with van der Waals surface area (Å²) in [7, 11) is 0. The van der Waals surface area contributed by atoms with E-state index in [0.717, 1.165) is 12.0 Å². The van der Waals surface area contributed by atoms with E-state index >= 15 is 0 Å². The van der Waals surface area contributed by atoms with Crippen molar-refractivity contribution >= 4 is 23.5 Å². The number of imide groups is 1. The lowest BCUT2D eigenvalue weighted by atomic mass is 10.1. The Morgan fingerprint density at radius 3 is 2.40 bits per heavy atom. The lowest BCUT2D eigenvalue weighted by Crippen LogP contribution is -2.40. The fourth-order valence-corrected chi connectivity index (χ4v) is 2.86. The van der Waals surface area contributed by atoms with Gasteiger partial charge in [0.05, 0.1) is 12.1 Å². The van der Waals surface area contributed by atoms with Gasteiger partial charge in [0.15, 0.2) is 0 Å². The number of amides is 4. The highest BCUT2D eigenvalue weighted by Gasteiger charge is 2.46. The Morgan fingerprint density at radius 1 is 1.20 bits per heavy atom. The number of carbonyl (C=O) groups excluding carboxylic acids is 3. The van der Waals surface area contributed by atoms with Gasteiger partial charge in [-0.15, -0.1) is 0 Å². The van der Waals surface area contributed by atoms with Crippen LogP contribution in [0.5, 0.6) is 0 Å². The van der Waals surface area contributed by atoms with Crippen LogP contribution in [0.1, 0.15) is 39.2 Å². The summed E-state index contributed by atoms with van der Waals surface area (Å²) in [4.78, 5) is 40.5. The third kappa shape index (κ3) is 4.38. The minimum Gasteiger partial charge on any atom is -0.356 e. The van der Waals surface area contributed by atoms with Crippen LogP contribution in [0.25, 0.3) is 0 Å². The van der Waals surface area contributed by atoms with E-state index in [4.69, 9.17) is 0 Å². The predicted octanol–water partition coefficient (Wildman–Crippen LogP) is 2.70. The molecule has 25 heavy (non-hydrogen) atoms. The molecule has 1 aromatic rings. The lowest BCUT2D eigenvalue weighted by Gasteiger charge is -2.22. The van der Waals surface area contributed by atoms with Crippen LogP contribution in [0.3, 0.4) is 0 Å². The molecule has 6 heteroatoms. The van der Waals surface area contributed by atoms with Crippen LogP contribution >= 0.6 is 0 Å². The third-order valence-corrected chi connectivity index (χ3v) is 4.31. The number of urea groups is 1. The molecular formula is C19H27N3O3. The van der Waals surface area contributed by atoms with Crippen LogP contribution in [-0.2, 0) is 9.59 Å². The quantitative estimate of drug-likeness (QED) is 0.773. The minimum atomic E-state index is -0.737. The third-order valence-electron chi connectivity index (χ3n) is 4.31. The molecule has 136 valence electrons. The summed E-state index contributed by atoms with van der Waals surface area (Å²) < 4.78 is 0. The highest BCUT2D eigenvalue weighted by atomic mass is 16.2. The van der Waals surface area contributed by atoms with Gasteiger partial charge in [0.2, 0.25) is 5.91 Å². The number of nitrogens with zero attached hydrogens (tertiary/aromatic N) is 2. The summed E-state index contributed by atoms with van der Waals surface area (Å²) in [5, 5.41) is 2.71. The van der Waals surface area contributed by atoms with Gasteiger partial charge in [-0.3, -0.25) is 9.59 Å². The van der Waals surface area contributed by atoms with Crippen LogP contribution in [-0.4, -0.2) is 41.9 Å². The second kappa shape index (κ2) is 8.14. The Hall–Kier alpha value is -2.37. The Morgan fingerprint density at radius 2 is 1.84 bits per heavy atom. The monoisotopic (exact) mass is 345 g/mol. The van der Waals surface area contributed by atoms with Crippen LogP contribution < -0.4 is 10.2 Å².